The van der Waals surface area contributed by atoms with Crippen molar-refractivity contribution >= 4 is 39.6 Å². The van der Waals surface area contributed by atoms with Crippen LogP contribution in [0.5, 0.6) is 0 Å². The lowest BCUT2D eigenvalue weighted by Crippen LogP contribution is -2.06. The second-order valence-corrected chi connectivity index (χ2v) is 6.63. The number of nitrogens with two attached hydrogens (primary N) is 1. The fraction of sp³-hybridized carbons (Fsp3) is 0.0952. The van der Waals surface area contributed by atoms with E-state index in [2.05, 4.69) is 25.6 Å². The van der Waals surface area contributed by atoms with E-state index in [-0.39, 0.29) is 11.5 Å². The molecule has 0 fully saturated rings. The number of anilines is 5. The Morgan fingerprint density at radius 3 is 2.27 bits per heavy atom. The van der Waals surface area contributed by atoms with Gasteiger partial charge in [-0.05, 0) is 55.5 Å². The number of fused-ring (bicyclic) bond motifs is 1. The van der Waals surface area contributed by atoms with Crippen molar-refractivity contribution in [2.45, 2.75) is 13.1 Å². The number of hydrogen-bond acceptors (Lipinski definition) is 6. The summed E-state index contributed by atoms with van der Waals surface area (Å²) in [4.78, 5) is 12.8. The van der Waals surface area contributed by atoms with Crippen molar-refractivity contribution < 1.29 is 13.2 Å². The molecule has 4 aromatic rings. The Morgan fingerprint density at radius 1 is 0.867 bits per heavy atom. The molecule has 0 aliphatic carbocycles. The van der Waals surface area contributed by atoms with Crippen molar-refractivity contribution in [1.29, 1.82) is 0 Å². The van der Waals surface area contributed by atoms with E-state index >= 15 is 0 Å². The van der Waals surface area contributed by atoms with E-state index in [4.69, 9.17) is 5.73 Å². The molecule has 0 saturated carbocycles. The molecule has 9 heteroatoms. The Morgan fingerprint density at radius 2 is 1.57 bits per heavy atom. The SMILES string of the molecule is Cc1ccc2c(Nc3ncnc(Nc4ccc(C(F)(F)F)cc4)c3N)cccc2n1. The summed E-state index contributed by atoms with van der Waals surface area (Å²) in [5, 5.41) is 7.01. The molecule has 0 aliphatic heterocycles. The van der Waals surface area contributed by atoms with Crippen LogP contribution < -0.4 is 16.4 Å². The average Bonchev–Trinajstić information content (AvgIpc) is 2.70. The zero-order valence-electron chi connectivity index (χ0n) is 15.8. The summed E-state index contributed by atoms with van der Waals surface area (Å²) >= 11 is 0. The standard InChI is InChI=1S/C21H17F3N6/c1-12-5-10-15-16(28-12)3-2-4-17(15)30-20-18(25)19(26-11-27-20)29-14-8-6-13(7-9-14)21(22,23)24/h2-11H,25H2,1H3,(H2,26,27,29,30). The van der Waals surface area contributed by atoms with Crippen molar-refractivity contribution in [2.75, 3.05) is 16.4 Å². The molecule has 0 atom stereocenters. The van der Waals surface area contributed by atoms with Crippen LogP contribution in [0.2, 0.25) is 0 Å². The average molecular weight is 410 g/mol. The molecule has 0 spiro atoms. The Hall–Kier alpha value is -3.88. The molecule has 30 heavy (non-hydrogen) atoms. The molecule has 4 N–H and O–H groups in total. The number of alkyl halides is 3. The fourth-order valence-corrected chi connectivity index (χ4v) is 2.97. The van der Waals surface area contributed by atoms with Gasteiger partial charge in [-0.3, -0.25) is 4.98 Å². The van der Waals surface area contributed by atoms with Crippen LogP contribution in [0.1, 0.15) is 11.3 Å². The Bertz CT molecular complexity index is 1210. The molecule has 4 rings (SSSR count). The van der Waals surface area contributed by atoms with E-state index in [1.165, 1.54) is 18.5 Å². The van der Waals surface area contributed by atoms with Crippen molar-refractivity contribution in [3.05, 3.63) is 72.2 Å². The first kappa shape index (κ1) is 19.4. The number of aryl methyl sites for hydroxylation is 1. The smallest absolute Gasteiger partial charge is 0.393 e. The first-order valence-corrected chi connectivity index (χ1v) is 8.99. The van der Waals surface area contributed by atoms with Gasteiger partial charge in [-0.25, -0.2) is 9.97 Å². The summed E-state index contributed by atoms with van der Waals surface area (Å²) in [6.45, 7) is 1.92. The monoisotopic (exact) mass is 410 g/mol. The topological polar surface area (TPSA) is 88.8 Å². The largest absolute Gasteiger partial charge is 0.416 e. The van der Waals surface area contributed by atoms with Gasteiger partial charge < -0.3 is 16.4 Å². The summed E-state index contributed by atoms with van der Waals surface area (Å²) < 4.78 is 38.2. The number of nitrogens with one attached hydrogen (secondary N) is 2. The summed E-state index contributed by atoms with van der Waals surface area (Å²) in [5.74, 6) is 0.647. The van der Waals surface area contributed by atoms with Gasteiger partial charge in [0.1, 0.15) is 12.0 Å². The highest BCUT2D eigenvalue weighted by molar-refractivity contribution is 5.94. The Balaban J connectivity index is 1.61. The molecule has 2 heterocycles. The van der Waals surface area contributed by atoms with Crippen LogP contribution in [0, 0.1) is 6.92 Å². The molecule has 0 unspecified atom stereocenters. The van der Waals surface area contributed by atoms with Gasteiger partial charge in [0.05, 0.1) is 11.1 Å². The summed E-state index contributed by atoms with van der Waals surface area (Å²) in [7, 11) is 0. The van der Waals surface area contributed by atoms with Crippen LogP contribution in [-0.4, -0.2) is 15.0 Å². The first-order chi connectivity index (χ1) is 14.3. The summed E-state index contributed by atoms with van der Waals surface area (Å²) in [5.41, 5.74) is 8.63. The third-order valence-electron chi connectivity index (χ3n) is 4.48. The zero-order chi connectivity index (χ0) is 21.3. The molecule has 2 aromatic heterocycles. The van der Waals surface area contributed by atoms with E-state index in [1.54, 1.807) is 0 Å². The molecular weight excluding hydrogens is 393 g/mol. The Kier molecular flexibility index (Phi) is 4.86. The predicted molar refractivity (Wildman–Crippen MR) is 111 cm³/mol. The molecular formula is C21H17F3N6. The van der Waals surface area contributed by atoms with Gasteiger partial charge in [-0.1, -0.05) is 6.07 Å². The van der Waals surface area contributed by atoms with E-state index in [0.717, 1.165) is 34.4 Å². The van der Waals surface area contributed by atoms with Crippen molar-refractivity contribution in [3.63, 3.8) is 0 Å². The minimum Gasteiger partial charge on any atom is -0.393 e. The third kappa shape index (κ3) is 3.95. The molecule has 0 amide bonds. The number of rotatable bonds is 4. The van der Waals surface area contributed by atoms with Gasteiger partial charge in [-0.2, -0.15) is 13.2 Å². The molecule has 0 radical (unpaired) electrons. The van der Waals surface area contributed by atoms with E-state index in [1.807, 2.05) is 37.3 Å². The lowest BCUT2D eigenvalue weighted by Gasteiger charge is -2.14. The van der Waals surface area contributed by atoms with Crippen LogP contribution in [0.3, 0.4) is 0 Å². The maximum atomic E-state index is 12.7. The maximum absolute atomic E-state index is 12.7. The zero-order valence-corrected chi connectivity index (χ0v) is 15.8. The second-order valence-electron chi connectivity index (χ2n) is 6.63. The number of nitrogen functional groups attached to an aromatic ring is 1. The van der Waals surface area contributed by atoms with Crippen LogP contribution in [0.4, 0.5) is 41.9 Å². The van der Waals surface area contributed by atoms with Gasteiger partial charge in [0.25, 0.3) is 0 Å². The number of pyridine rings is 1. The molecule has 6 nitrogen and oxygen atoms in total. The fourth-order valence-electron chi connectivity index (χ4n) is 2.97. The van der Waals surface area contributed by atoms with Crippen LogP contribution in [0.15, 0.2) is 60.9 Å². The molecule has 0 aliphatic rings. The Labute approximate surface area is 170 Å². The molecule has 0 saturated heterocycles. The third-order valence-corrected chi connectivity index (χ3v) is 4.48. The lowest BCUT2D eigenvalue weighted by molar-refractivity contribution is -0.137. The van der Waals surface area contributed by atoms with Crippen molar-refractivity contribution in [3.8, 4) is 0 Å². The lowest BCUT2D eigenvalue weighted by atomic mass is 10.1. The van der Waals surface area contributed by atoms with E-state index in [0.29, 0.717) is 11.5 Å². The predicted octanol–water partition coefficient (Wildman–Crippen LogP) is 5.42. The van der Waals surface area contributed by atoms with Crippen molar-refractivity contribution in [2.24, 2.45) is 0 Å². The van der Waals surface area contributed by atoms with E-state index < -0.39 is 11.7 Å². The minimum absolute atomic E-state index is 0.231. The number of halogens is 3. The summed E-state index contributed by atoms with van der Waals surface area (Å²) in [6, 6.07) is 14.1. The van der Waals surface area contributed by atoms with Gasteiger partial charge in [0, 0.05) is 22.5 Å². The highest BCUT2D eigenvalue weighted by atomic mass is 19.4. The molecule has 0 bridgehead atoms. The number of hydrogen-bond donors (Lipinski definition) is 3. The van der Waals surface area contributed by atoms with Crippen LogP contribution in [-0.2, 0) is 6.18 Å². The number of aromatic nitrogens is 3. The highest BCUT2D eigenvalue weighted by Gasteiger charge is 2.30. The number of nitrogens with zero attached hydrogens (tertiary/aromatic N) is 3. The van der Waals surface area contributed by atoms with Crippen molar-refractivity contribution in [1.82, 2.24) is 15.0 Å². The second kappa shape index (κ2) is 7.51. The molecule has 2 aromatic carbocycles. The maximum Gasteiger partial charge on any atom is 0.416 e. The van der Waals surface area contributed by atoms with Gasteiger partial charge in [0.2, 0.25) is 0 Å². The first-order valence-electron chi connectivity index (χ1n) is 8.99. The minimum atomic E-state index is -4.39. The number of benzene rings is 2. The summed E-state index contributed by atoms with van der Waals surface area (Å²) in [6.07, 6.45) is -3.08. The highest BCUT2D eigenvalue weighted by Crippen LogP contribution is 2.33. The quantitative estimate of drug-likeness (QED) is 0.416. The van der Waals surface area contributed by atoms with Crippen LogP contribution in [0.25, 0.3) is 10.9 Å². The van der Waals surface area contributed by atoms with E-state index in [9.17, 15) is 13.2 Å². The normalized spacial score (nSPS) is 11.5. The van der Waals surface area contributed by atoms with Gasteiger partial charge in [-0.15, -0.1) is 0 Å². The molecule has 152 valence electrons. The van der Waals surface area contributed by atoms with Gasteiger partial charge in [0.15, 0.2) is 11.6 Å². The van der Waals surface area contributed by atoms with Gasteiger partial charge >= 0.3 is 6.18 Å². The van der Waals surface area contributed by atoms with Crippen LogP contribution >= 0.6 is 0 Å².